The smallest absolute Gasteiger partial charge is 0.248 e. The van der Waals surface area contributed by atoms with E-state index >= 15 is 0 Å². The van der Waals surface area contributed by atoms with Crippen molar-refractivity contribution < 1.29 is 13.6 Å². The Kier molecular flexibility index (Phi) is 6.16. The van der Waals surface area contributed by atoms with Gasteiger partial charge in [-0.1, -0.05) is 40.9 Å². The third-order valence-electron chi connectivity index (χ3n) is 4.90. The number of carbonyl (C=O) groups excluding carboxylic acids is 1. The van der Waals surface area contributed by atoms with Gasteiger partial charge in [-0.3, -0.25) is 4.79 Å². The number of aromatic nitrogens is 1. The Balaban J connectivity index is 1.29. The first-order valence-corrected chi connectivity index (χ1v) is 11.3. The van der Waals surface area contributed by atoms with Crippen molar-refractivity contribution in [1.29, 1.82) is 0 Å². The molecule has 0 radical (unpaired) electrons. The number of nitrogens with zero attached hydrogens (tertiary/aromatic N) is 1. The summed E-state index contributed by atoms with van der Waals surface area (Å²) in [6, 6.07) is 21.2. The summed E-state index contributed by atoms with van der Waals surface area (Å²) in [6.45, 7) is 0. The van der Waals surface area contributed by atoms with Crippen LogP contribution in [0.1, 0.15) is 5.76 Å². The van der Waals surface area contributed by atoms with Crippen molar-refractivity contribution in [3.63, 3.8) is 0 Å². The molecule has 2 aromatic heterocycles. The number of anilines is 1. The number of fused-ring (bicyclic) bond motifs is 1. The van der Waals surface area contributed by atoms with Gasteiger partial charge in [0.1, 0.15) is 17.0 Å². The molecule has 1 amide bonds. The maximum absolute atomic E-state index is 12.4. The Morgan fingerprint density at radius 3 is 2.41 bits per heavy atom. The standard InChI is InChI=1S/C26H15Cl3N2O3/c27-17-3-1-2-15(10-17)26-31-22-14-20(4-7-24(22)34-26)30-25(32)9-6-21-5-8-23(33-21)16-11-18(28)13-19(29)12-16/h1-14H,(H,30,32)/b9-6+. The minimum absolute atomic E-state index is 0.318. The molecule has 0 spiro atoms. The Morgan fingerprint density at radius 1 is 0.824 bits per heavy atom. The zero-order valence-corrected chi connectivity index (χ0v) is 19.7. The van der Waals surface area contributed by atoms with E-state index in [1.54, 1.807) is 66.7 Å². The molecule has 3 aromatic carbocycles. The monoisotopic (exact) mass is 508 g/mol. The molecule has 0 fully saturated rings. The Morgan fingerprint density at radius 2 is 1.62 bits per heavy atom. The molecular weight excluding hydrogens is 495 g/mol. The van der Waals surface area contributed by atoms with E-state index in [2.05, 4.69) is 10.3 Å². The fourth-order valence-electron chi connectivity index (χ4n) is 3.39. The van der Waals surface area contributed by atoms with E-state index in [1.807, 2.05) is 12.1 Å². The van der Waals surface area contributed by atoms with Crippen molar-refractivity contribution in [2.45, 2.75) is 0 Å². The number of rotatable bonds is 5. The summed E-state index contributed by atoms with van der Waals surface area (Å²) in [6.07, 6.45) is 2.97. The average molecular weight is 510 g/mol. The Bertz CT molecular complexity index is 1530. The van der Waals surface area contributed by atoms with Gasteiger partial charge in [0.15, 0.2) is 5.58 Å². The van der Waals surface area contributed by atoms with Gasteiger partial charge in [-0.2, -0.15) is 0 Å². The second kappa shape index (κ2) is 9.39. The predicted octanol–water partition coefficient (Wildman–Crippen LogP) is 8.37. The lowest BCUT2D eigenvalue weighted by Crippen LogP contribution is -2.07. The fraction of sp³-hybridized carbons (Fsp3) is 0. The molecule has 0 atom stereocenters. The van der Waals surface area contributed by atoms with Gasteiger partial charge >= 0.3 is 0 Å². The summed E-state index contributed by atoms with van der Waals surface area (Å²) < 4.78 is 11.6. The first-order chi connectivity index (χ1) is 16.4. The number of hydrogen-bond acceptors (Lipinski definition) is 4. The van der Waals surface area contributed by atoms with Gasteiger partial charge in [-0.15, -0.1) is 0 Å². The van der Waals surface area contributed by atoms with Gasteiger partial charge in [0.25, 0.3) is 0 Å². The van der Waals surface area contributed by atoms with Crippen LogP contribution in [0.2, 0.25) is 15.1 Å². The van der Waals surface area contributed by atoms with Crippen LogP contribution in [-0.4, -0.2) is 10.9 Å². The van der Waals surface area contributed by atoms with Crippen molar-refractivity contribution in [2.75, 3.05) is 5.32 Å². The predicted molar refractivity (Wildman–Crippen MR) is 136 cm³/mol. The number of hydrogen-bond donors (Lipinski definition) is 1. The van der Waals surface area contributed by atoms with Crippen molar-refractivity contribution in [3.8, 4) is 22.8 Å². The van der Waals surface area contributed by atoms with Gasteiger partial charge in [0.2, 0.25) is 11.8 Å². The summed E-state index contributed by atoms with van der Waals surface area (Å²) in [5.41, 5.74) is 3.33. The van der Waals surface area contributed by atoms with E-state index in [9.17, 15) is 4.79 Å². The quantitative estimate of drug-likeness (QED) is 0.242. The molecule has 5 nitrogen and oxygen atoms in total. The van der Waals surface area contributed by atoms with E-state index in [0.29, 0.717) is 49.3 Å². The number of furan rings is 1. The topological polar surface area (TPSA) is 68.3 Å². The molecule has 0 aliphatic rings. The summed E-state index contributed by atoms with van der Waals surface area (Å²) in [4.78, 5) is 16.9. The normalized spacial score (nSPS) is 11.4. The lowest BCUT2D eigenvalue weighted by atomic mass is 10.2. The van der Waals surface area contributed by atoms with Crippen molar-refractivity contribution >= 4 is 63.6 Å². The molecule has 0 aliphatic carbocycles. The zero-order chi connectivity index (χ0) is 23.7. The molecule has 8 heteroatoms. The highest BCUT2D eigenvalue weighted by molar-refractivity contribution is 6.35. The number of amides is 1. The highest BCUT2D eigenvalue weighted by Gasteiger charge is 2.10. The lowest BCUT2D eigenvalue weighted by Gasteiger charge is -2.01. The molecule has 168 valence electrons. The van der Waals surface area contributed by atoms with Gasteiger partial charge in [0.05, 0.1) is 0 Å². The third kappa shape index (κ3) is 5.02. The first kappa shape index (κ1) is 22.3. The molecule has 0 saturated carbocycles. The molecule has 34 heavy (non-hydrogen) atoms. The summed E-state index contributed by atoms with van der Waals surface area (Å²) in [5, 5.41) is 4.43. The highest BCUT2D eigenvalue weighted by Crippen LogP contribution is 2.30. The zero-order valence-electron chi connectivity index (χ0n) is 17.4. The minimum atomic E-state index is -0.318. The van der Waals surface area contributed by atoms with Crippen LogP contribution in [0.3, 0.4) is 0 Å². The van der Waals surface area contributed by atoms with Gasteiger partial charge in [0, 0.05) is 38.0 Å². The van der Waals surface area contributed by atoms with Gasteiger partial charge in [-0.05, 0) is 72.8 Å². The van der Waals surface area contributed by atoms with Crippen LogP contribution < -0.4 is 5.32 Å². The lowest BCUT2D eigenvalue weighted by molar-refractivity contribution is -0.111. The van der Waals surface area contributed by atoms with Crippen LogP contribution in [0.25, 0.3) is 40.0 Å². The van der Waals surface area contributed by atoms with Crippen LogP contribution in [0.5, 0.6) is 0 Å². The fourth-order valence-corrected chi connectivity index (χ4v) is 4.10. The highest BCUT2D eigenvalue weighted by atomic mass is 35.5. The summed E-state index contributed by atoms with van der Waals surface area (Å²) >= 11 is 18.2. The largest absolute Gasteiger partial charge is 0.457 e. The number of halogens is 3. The molecule has 1 N–H and O–H groups in total. The molecular formula is C26H15Cl3N2O3. The maximum atomic E-state index is 12.4. The molecule has 5 rings (SSSR count). The minimum Gasteiger partial charge on any atom is -0.457 e. The van der Waals surface area contributed by atoms with Crippen LogP contribution in [0, 0.1) is 0 Å². The second-order valence-electron chi connectivity index (χ2n) is 7.39. The van der Waals surface area contributed by atoms with E-state index in [1.165, 1.54) is 6.08 Å². The molecule has 0 bridgehead atoms. The SMILES string of the molecule is O=C(/C=C/c1ccc(-c2cc(Cl)cc(Cl)c2)o1)Nc1ccc2oc(-c3cccc(Cl)c3)nc2c1. The summed E-state index contributed by atoms with van der Waals surface area (Å²) in [7, 11) is 0. The Hall–Kier alpha value is -3.51. The number of oxazole rings is 1. The van der Waals surface area contributed by atoms with Crippen molar-refractivity contribution in [3.05, 3.63) is 99.7 Å². The van der Waals surface area contributed by atoms with Crippen LogP contribution in [0.15, 0.2) is 87.7 Å². The summed E-state index contributed by atoms with van der Waals surface area (Å²) in [5.74, 6) is 1.24. The van der Waals surface area contributed by atoms with Crippen molar-refractivity contribution in [1.82, 2.24) is 4.98 Å². The number of benzene rings is 3. The molecule has 0 unspecified atom stereocenters. The van der Waals surface area contributed by atoms with E-state index < -0.39 is 0 Å². The van der Waals surface area contributed by atoms with E-state index in [0.717, 1.165) is 11.1 Å². The van der Waals surface area contributed by atoms with Gasteiger partial charge < -0.3 is 14.2 Å². The molecule has 0 aliphatic heterocycles. The Labute approximate surface area is 209 Å². The van der Waals surface area contributed by atoms with Crippen molar-refractivity contribution in [2.24, 2.45) is 0 Å². The third-order valence-corrected chi connectivity index (χ3v) is 5.57. The average Bonchev–Trinajstić information content (AvgIpc) is 3.44. The van der Waals surface area contributed by atoms with Gasteiger partial charge in [-0.25, -0.2) is 4.98 Å². The molecule has 5 aromatic rings. The number of carbonyl (C=O) groups is 1. The molecule has 2 heterocycles. The number of nitrogens with one attached hydrogen (secondary N) is 1. The molecule has 0 saturated heterocycles. The maximum Gasteiger partial charge on any atom is 0.248 e. The first-order valence-electron chi connectivity index (χ1n) is 10.1. The van der Waals surface area contributed by atoms with Crippen LogP contribution >= 0.6 is 34.8 Å². The van der Waals surface area contributed by atoms with E-state index in [-0.39, 0.29) is 5.91 Å². The second-order valence-corrected chi connectivity index (χ2v) is 8.70. The van der Waals surface area contributed by atoms with Crippen LogP contribution in [0.4, 0.5) is 5.69 Å². The van der Waals surface area contributed by atoms with E-state index in [4.69, 9.17) is 43.6 Å². The van der Waals surface area contributed by atoms with Crippen LogP contribution in [-0.2, 0) is 4.79 Å².